The molecule has 2 aromatic heterocycles. The average molecular weight is 429 g/mol. The van der Waals surface area contributed by atoms with Crippen molar-refractivity contribution in [2.24, 2.45) is 0 Å². The molecule has 0 unspecified atom stereocenters. The van der Waals surface area contributed by atoms with Gasteiger partial charge in [0.1, 0.15) is 17.8 Å². The van der Waals surface area contributed by atoms with Crippen molar-refractivity contribution >= 4 is 34.4 Å². The minimum Gasteiger partial charge on any atom is -0.482 e. The SMILES string of the molecule is O=C(NCc1cc(COc2ccccc2F)on1)c1cc([N+](=O)[O-])c2nsnc2c1. The van der Waals surface area contributed by atoms with Gasteiger partial charge in [-0.05, 0) is 18.2 Å². The van der Waals surface area contributed by atoms with E-state index >= 15 is 0 Å². The van der Waals surface area contributed by atoms with E-state index in [9.17, 15) is 19.3 Å². The summed E-state index contributed by atoms with van der Waals surface area (Å²) < 4.78 is 31.8. The first kappa shape index (κ1) is 19.4. The molecule has 4 rings (SSSR count). The summed E-state index contributed by atoms with van der Waals surface area (Å²) in [5.74, 6) is -0.614. The maximum absolute atomic E-state index is 13.6. The number of hydrogen-bond donors (Lipinski definition) is 1. The van der Waals surface area contributed by atoms with Crippen molar-refractivity contribution in [2.75, 3.05) is 0 Å². The van der Waals surface area contributed by atoms with Crippen molar-refractivity contribution in [3.63, 3.8) is 0 Å². The minimum atomic E-state index is -0.611. The van der Waals surface area contributed by atoms with Gasteiger partial charge < -0.3 is 14.6 Å². The van der Waals surface area contributed by atoms with Crippen LogP contribution in [-0.4, -0.2) is 24.7 Å². The molecule has 0 saturated heterocycles. The van der Waals surface area contributed by atoms with E-state index in [1.165, 1.54) is 18.2 Å². The Kier molecular flexibility index (Phi) is 5.30. The lowest BCUT2D eigenvalue weighted by Gasteiger charge is -2.04. The molecular weight excluding hydrogens is 417 g/mol. The lowest BCUT2D eigenvalue weighted by Crippen LogP contribution is -2.23. The predicted octanol–water partition coefficient (Wildman–Crippen LogP) is 3.24. The van der Waals surface area contributed by atoms with Crippen LogP contribution in [-0.2, 0) is 13.2 Å². The van der Waals surface area contributed by atoms with Crippen molar-refractivity contribution in [3.8, 4) is 5.75 Å². The lowest BCUT2D eigenvalue weighted by atomic mass is 10.1. The number of fused-ring (bicyclic) bond motifs is 1. The van der Waals surface area contributed by atoms with E-state index in [4.69, 9.17) is 9.26 Å². The van der Waals surface area contributed by atoms with Crippen LogP contribution in [0.3, 0.4) is 0 Å². The van der Waals surface area contributed by atoms with Gasteiger partial charge in [-0.25, -0.2) is 4.39 Å². The Morgan fingerprint density at radius 2 is 2.10 bits per heavy atom. The van der Waals surface area contributed by atoms with Gasteiger partial charge in [0.15, 0.2) is 22.8 Å². The summed E-state index contributed by atoms with van der Waals surface area (Å²) in [6.07, 6.45) is 0. The molecule has 1 amide bonds. The summed E-state index contributed by atoms with van der Waals surface area (Å²) in [5.41, 5.74) is 0.598. The minimum absolute atomic E-state index is 0.0170. The first-order chi connectivity index (χ1) is 14.5. The number of amides is 1. The zero-order chi connectivity index (χ0) is 21.1. The van der Waals surface area contributed by atoms with Crippen LogP contribution in [0.15, 0.2) is 47.0 Å². The summed E-state index contributed by atoms with van der Waals surface area (Å²) in [4.78, 5) is 23.0. The number of rotatable bonds is 7. The van der Waals surface area contributed by atoms with Crippen LogP contribution in [0, 0.1) is 15.9 Å². The van der Waals surface area contributed by atoms with Crippen molar-refractivity contribution in [3.05, 3.63) is 75.4 Å². The normalized spacial score (nSPS) is 10.8. The molecular formula is C18H12FN5O5S. The zero-order valence-electron chi connectivity index (χ0n) is 15.1. The van der Waals surface area contributed by atoms with Gasteiger partial charge in [0, 0.05) is 17.7 Å². The van der Waals surface area contributed by atoms with Gasteiger partial charge in [-0.15, -0.1) is 0 Å². The van der Waals surface area contributed by atoms with Crippen LogP contribution in [0.2, 0.25) is 0 Å². The first-order valence-corrected chi connectivity index (χ1v) is 9.25. The third-order valence-corrected chi connectivity index (χ3v) is 4.59. The van der Waals surface area contributed by atoms with Crippen molar-refractivity contribution in [1.82, 2.24) is 19.2 Å². The molecule has 2 heterocycles. The number of benzene rings is 2. The molecule has 0 saturated carbocycles. The molecule has 0 bridgehead atoms. The monoisotopic (exact) mass is 429 g/mol. The molecule has 0 spiro atoms. The number of carbonyl (C=O) groups excluding carboxylic acids is 1. The van der Waals surface area contributed by atoms with Gasteiger partial charge in [-0.3, -0.25) is 14.9 Å². The average Bonchev–Trinajstić information content (AvgIpc) is 3.39. The number of ether oxygens (including phenoxy) is 1. The standard InChI is InChI=1S/C18H12FN5O5S/c19-13-3-1-2-4-16(13)28-9-12-7-11(21-29-12)8-20-18(25)10-5-14-17(23-30-22-14)15(6-10)24(26)27/h1-7H,8-9H2,(H,20,25). The number of nitro benzene ring substituents is 1. The Labute approximate surface area is 171 Å². The Hall–Kier alpha value is -3.93. The number of nitro groups is 1. The quantitative estimate of drug-likeness (QED) is 0.350. The number of non-ortho nitro benzene ring substituents is 1. The number of nitrogens with one attached hydrogen (secondary N) is 1. The largest absolute Gasteiger partial charge is 0.482 e. The Morgan fingerprint density at radius 3 is 2.90 bits per heavy atom. The van der Waals surface area contributed by atoms with Crippen molar-refractivity contribution in [2.45, 2.75) is 13.2 Å². The number of aromatic nitrogens is 3. The van der Waals surface area contributed by atoms with Crippen LogP contribution in [0.1, 0.15) is 21.8 Å². The van der Waals surface area contributed by atoms with E-state index < -0.39 is 16.6 Å². The third-order valence-electron chi connectivity index (χ3n) is 4.04. The molecule has 10 nitrogen and oxygen atoms in total. The van der Waals surface area contributed by atoms with Gasteiger partial charge in [0.2, 0.25) is 0 Å². The molecule has 0 radical (unpaired) electrons. The Balaban J connectivity index is 1.39. The summed E-state index contributed by atoms with van der Waals surface area (Å²) in [6, 6.07) is 10.1. The maximum atomic E-state index is 13.6. The maximum Gasteiger partial charge on any atom is 0.299 e. The summed E-state index contributed by atoms with van der Waals surface area (Å²) in [6.45, 7) is -0.0231. The second-order valence-electron chi connectivity index (χ2n) is 6.07. The zero-order valence-corrected chi connectivity index (χ0v) is 15.9. The number of carbonyl (C=O) groups is 1. The van der Waals surface area contributed by atoms with Crippen molar-refractivity contribution in [1.29, 1.82) is 0 Å². The molecule has 0 aliphatic carbocycles. The van der Waals surface area contributed by atoms with Gasteiger partial charge in [-0.2, -0.15) is 8.75 Å². The predicted molar refractivity (Wildman–Crippen MR) is 102 cm³/mol. The van der Waals surface area contributed by atoms with Crippen LogP contribution in [0.5, 0.6) is 5.75 Å². The van der Waals surface area contributed by atoms with Gasteiger partial charge in [-0.1, -0.05) is 17.3 Å². The van der Waals surface area contributed by atoms with Gasteiger partial charge in [0.05, 0.1) is 23.2 Å². The number of para-hydroxylation sites is 1. The molecule has 30 heavy (non-hydrogen) atoms. The van der Waals surface area contributed by atoms with E-state index in [1.54, 1.807) is 18.2 Å². The summed E-state index contributed by atoms with van der Waals surface area (Å²) in [5, 5.41) is 17.6. The topological polar surface area (TPSA) is 133 Å². The fraction of sp³-hybridized carbons (Fsp3) is 0.111. The van der Waals surface area contributed by atoms with Gasteiger partial charge in [0.25, 0.3) is 11.6 Å². The lowest BCUT2D eigenvalue weighted by molar-refractivity contribution is -0.383. The highest BCUT2D eigenvalue weighted by Gasteiger charge is 2.20. The summed E-state index contributed by atoms with van der Waals surface area (Å²) in [7, 11) is 0. The Bertz CT molecular complexity index is 1240. The molecule has 0 fully saturated rings. The second-order valence-corrected chi connectivity index (χ2v) is 6.60. The Morgan fingerprint density at radius 1 is 1.27 bits per heavy atom. The number of nitrogens with zero attached hydrogens (tertiary/aromatic N) is 4. The van der Waals surface area contributed by atoms with E-state index in [-0.39, 0.29) is 41.2 Å². The highest BCUT2D eigenvalue weighted by molar-refractivity contribution is 7.00. The van der Waals surface area contributed by atoms with E-state index in [0.717, 1.165) is 17.8 Å². The molecule has 12 heteroatoms. The van der Waals surface area contributed by atoms with Crippen LogP contribution in [0.4, 0.5) is 10.1 Å². The summed E-state index contributed by atoms with van der Waals surface area (Å²) >= 11 is 0.828. The molecule has 0 atom stereocenters. The van der Waals surface area contributed by atoms with Crippen LogP contribution >= 0.6 is 11.7 Å². The van der Waals surface area contributed by atoms with E-state index in [0.29, 0.717) is 11.5 Å². The van der Waals surface area contributed by atoms with Crippen molar-refractivity contribution < 1.29 is 23.4 Å². The fourth-order valence-corrected chi connectivity index (χ4v) is 3.17. The molecule has 0 aliphatic rings. The molecule has 0 aliphatic heterocycles. The number of hydrogen-bond acceptors (Lipinski definition) is 9. The third kappa shape index (κ3) is 4.07. The molecule has 4 aromatic rings. The van der Waals surface area contributed by atoms with Crippen LogP contribution < -0.4 is 10.1 Å². The molecule has 1 N–H and O–H groups in total. The van der Waals surface area contributed by atoms with E-state index in [1.807, 2.05) is 0 Å². The van der Waals surface area contributed by atoms with Gasteiger partial charge >= 0.3 is 0 Å². The van der Waals surface area contributed by atoms with Crippen LogP contribution in [0.25, 0.3) is 11.0 Å². The molecule has 152 valence electrons. The fourth-order valence-electron chi connectivity index (χ4n) is 2.63. The van der Waals surface area contributed by atoms with E-state index in [2.05, 4.69) is 19.2 Å². The molecule has 2 aromatic carbocycles. The first-order valence-electron chi connectivity index (χ1n) is 8.52. The highest BCUT2D eigenvalue weighted by Crippen LogP contribution is 2.26. The smallest absolute Gasteiger partial charge is 0.299 e. The highest BCUT2D eigenvalue weighted by atomic mass is 32.1. The second kappa shape index (κ2) is 8.21. The number of halogens is 1.